The van der Waals surface area contributed by atoms with Crippen molar-refractivity contribution in [2.75, 3.05) is 0 Å². The van der Waals surface area contributed by atoms with Gasteiger partial charge in [-0.3, -0.25) is 4.79 Å². The highest BCUT2D eigenvalue weighted by Crippen LogP contribution is 2.14. The monoisotopic (exact) mass is 325 g/mol. The van der Waals surface area contributed by atoms with Gasteiger partial charge in [0.2, 0.25) is 10.0 Å². The van der Waals surface area contributed by atoms with Gasteiger partial charge in [0, 0.05) is 6.42 Å². The van der Waals surface area contributed by atoms with Gasteiger partial charge >= 0.3 is 0 Å². The van der Waals surface area contributed by atoms with E-state index in [-0.39, 0.29) is 10.7 Å². The lowest BCUT2D eigenvalue weighted by molar-refractivity contribution is -0.120. The van der Waals surface area contributed by atoms with Gasteiger partial charge in [-0.25, -0.2) is 13.1 Å². The van der Waals surface area contributed by atoms with Gasteiger partial charge in [-0.15, -0.1) is 0 Å². The molecule has 1 atom stereocenters. The fourth-order valence-corrected chi connectivity index (χ4v) is 3.45. The van der Waals surface area contributed by atoms with Gasteiger partial charge in [-0.2, -0.15) is 0 Å². The van der Waals surface area contributed by atoms with Crippen LogP contribution in [0.3, 0.4) is 0 Å². The van der Waals surface area contributed by atoms with E-state index in [2.05, 4.69) is 4.72 Å². The Labute approximate surface area is 134 Å². The van der Waals surface area contributed by atoms with Crippen LogP contribution in [0.1, 0.15) is 57.9 Å². The van der Waals surface area contributed by atoms with E-state index in [0.29, 0.717) is 12.8 Å². The molecule has 0 radical (unpaired) electrons. The minimum absolute atomic E-state index is 0.00835. The molecule has 0 saturated carbocycles. The van der Waals surface area contributed by atoms with E-state index in [4.69, 9.17) is 0 Å². The third kappa shape index (κ3) is 5.89. The summed E-state index contributed by atoms with van der Waals surface area (Å²) >= 11 is 0. The third-order valence-corrected chi connectivity index (χ3v) is 5.13. The highest BCUT2D eigenvalue weighted by molar-refractivity contribution is 7.89. The molecule has 0 spiro atoms. The summed E-state index contributed by atoms with van der Waals surface area (Å²) in [5, 5.41) is 0. The first-order chi connectivity index (χ1) is 10.4. The first kappa shape index (κ1) is 18.8. The number of aryl methyl sites for hydroxylation is 1. The van der Waals surface area contributed by atoms with Crippen LogP contribution >= 0.6 is 0 Å². The second kappa shape index (κ2) is 9.06. The maximum absolute atomic E-state index is 12.4. The van der Waals surface area contributed by atoms with E-state index in [1.807, 2.05) is 20.8 Å². The van der Waals surface area contributed by atoms with Crippen LogP contribution in [0.25, 0.3) is 0 Å². The Morgan fingerprint density at radius 3 is 2.23 bits per heavy atom. The molecule has 0 fully saturated rings. The number of unbranched alkanes of at least 4 members (excludes halogenated alkanes) is 2. The van der Waals surface area contributed by atoms with E-state index in [1.165, 1.54) is 0 Å². The van der Waals surface area contributed by atoms with Gasteiger partial charge in [-0.1, -0.05) is 50.8 Å². The summed E-state index contributed by atoms with van der Waals surface area (Å²) < 4.78 is 27.5. The zero-order chi connectivity index (χ0) is 16.6. The molecule has 1 aromatic carbocycles. The van der Waals surface area contributed by atoms with E-state index in [9.17, 15) is 13.2 Å². The maximum Gasteiger partial charge on any atom is 0.241 e. The molecule has 0 aliphatic heterocycles. The van der Waals surface area contributed by atoms with Crippen molar-refractivity contribution in [3.05, 3.63) is 29.8 Å². The van der Waals surface area contributed by atoms with Crippen molar-refractivity contribution in [3.63, 3.8) is 0 Å². The molecule has 0 heterocycles. The molecule has 0 amide bonds. The van der Waals surface area contributed by atoms with Crippen LogP contribution in [0.4, 0.5) is 0 Å². The number of hydrogen-bond acceptors (Lipinski definition) is 3. The summed E-state index contributed by atoms with van der Waals surface area (Å²) in [6.45, 7) is 5.95. The van der Waals surface area contributed by atoms with Crippen LogP contribution in [0.15, 0.2) is 29.2 Å². The van der Waals surface area contributed by atoms with E-state index in [0.717, 1.165) is 31.2 Å². The first-order valence-corrected chi connectivity index (χ1v) is 9.50. The molecule has 5 heteroatoms. The fourth-order valence-electron chi connectivity index (χ4n) is 2.19. The number of Topliss-reactive ketones (excluding diaryl/α,β-unsaturated/α-hetero) is 1. The quantitative estimate of drug-likeness (QED) is 0.715. The predicted molar refractivity (Wildman–Crippen MR) is 89.3 cm³/mol. The number of carbonyl (C=O) groups excluding carboxylic acids is 1. The van der Waals surface area contributed by atoms with E-state index >= 15 is 0 Å². The summed E-state index contributed by atoms with van der Waals surface area (Å²) in [5.41, 5.74) is 1.00. The molecule has 1 aromatic rings. The standard InChI is InChI=1S/C17H27NO3S/c1-4-6-8-16(17(19)9-7-5-2)18-22(20,21)15-12-10-14(3)11-13-15/h10-13,16,18H,4-9H2,1-3H3. The molecule has 0 aromatic heterocycles. The van der Waals surface area contributed by atoms with Gasteiger partial charge in [0.15, 0.2) is 5.78 Å². The van der Waals surface area contributed by atoms with E-state index in [1.54, 1.807) is 24.3 Å². The number of sulfonamides is 1. The number of carbonyl (C=O) groups is 1. The minimum Gasteiger partial charge on any atom is -0.298 e. The van der Waals surface area contributed by atoms with E-state index < -0.39 is 16.1 Å². The normalized spacial score (nSPS) is 13.0. The highest BCUT2D eigenvalue weighted by atomic mass is 32.2. The van der Waals surface area contributed by atoms with Crippen molar-refractivity contribution in [2.45, 2.75) is 70.2 Å². The highest BCUT2D eigenvalue weighted by Gasteiger charge is 2.24. The van der Waals surface area contributed by atoms with Crippen LogP contribution in [0, 0.1) is 6.92 Å². The lowest BCUT2D eigenvalue weighted by Gasteiger charge is -2.17. The van der Waals surface area contributed by atoms with Crippen LogP contribution < -0.4 is 4.72 Å². The summed E-state index contributed by atoms with van der Waals surface area (Å²) in [5.74, 6) is -0.00835. The summed E-state index contributed by atoms with van der Waals surface area (Å²) in [4.78, 5) is 12.5. The molecular formula is C17H27NO3S. The number of ketones is 1. The van der Waals surface area contributed by atoms with Crippen molar-refractivity contribution in [2.24, 2.45) is 0 Å². The van der Waals surface area contributed by atoms with Gasteiger partial charge in [-0.05, 0) is 31.9 Å². The first-order valence-electron chi connectivity index (χ1n) is 8.02. The topological polar surface area (TPSA) is 63.2 Å². The number of hydrogen-bond donors (Lipinski definition) is 1. The maximum atomic E-state index is 12.4. The lowest BCUT2D eigenvalue weighted by atomic mass is 10.0. The van der Waals surface area contributed by atoms with Crippen molar-refractivity contribution in [3.8, 4) is 0 Å². The lowest BCUT2D eigenvalue weighted by Crippen LogP contribution is -2.40. The van der Waals surface area contributed by atoms with Crippen LogP contribution in [-0.2, 0) is 14.8 Å². The molecule has 22 heavy (non-hydrogen) atoms. The third-order valence-electron chi connectivity index (χ3n) is 3.64. The molecule has 0 bridgehead atoms. The molecule has 124 valence electrons. The molecule has 0 saturated heterocycles. The smallest absolute Gasteiger partial charge is 0.241 e. The average Bonchev–Trinajstić information content (AvgIpc) is 2.49. The van der Waals surface area contributed by atoms with Crippen LogP contribution in [-0.4, -0.2) is 20.2 Å². The largest absolute Gasteiger partial charge is 0.298 e. The van der Waals surface area contributed by atoms with Crippen molar-refractivity contribution in [1.29, 1.82) is 0 Å². The molecule has 1 N–H and O–H groups in total. The number of rotatable bonds is 10. The zero-order valence-electron chi connectivity index (χ0n) is 13.8. The molecule has 4 nitrogen and oxygen atoms in total. The van der Waals surface area contributed by atoms with Gasteiger partial charge in [0.05, 0.1) is 10.9 Å². The Balaban J connectivity index is 2.86. The van der Waals surface area contributed by atoms with Gasteiger partial charge in [0.1, 0.15) is 0 Å². The Kier molecular flexibility index (Phi) is 7.76. The Morgan fingerprint density at radius 1 is 1.09 bits per heavy atom. The summed E-state index contributed by atoms with van der Waals surface area (Å²) in [6, 6.07) is 6.05. The van der Waals surface area contributed by atoms with Gasteiger partial charge < -0.3 is 0 Å². The zero-order valence-corrected chi connectivity index (χ0v) is 14.6. The summed E-state index contributed by atoms with van der Waals surface area (Å²) in [6.07, 6.45) is 4.48. The molecule has 1 unspecified atom stereocenters. The van der Waals surface area contributed by atoms with Crippen LogP contribution in [0.2, 0.25) is 0 Å². The Bertz CT molecular complexity index is 564. The van der Waals surface area contributed by atoms with Gasteiger partial charge in [0.25, 0.3) is 0 Å². The summed E-state index contributed by atoms with van der Waals surface area (Å²) in [7, 11) is -3.65. The molecule has 0 aliphatic carbocycles. The van der Waals surface area contributed by atoms with Crippen molar-refractivity contribution in [1.82, 2.24) is 4.72 Å². The Hall–Kier alpha value is -1.20. The minimum atomic E-state index is -3.65. The second-order valence-corrected chi connectivity index (χ2v) is 7.41. The molecule has 1 rings (SSSR count). The average molecular weight is 325 g/mol. The molecule has 0 aliphatic rings. The number of benzene rings is 1. The predicted octanol–water partition coefficient (Wildman–Crippen LogP) is 3.59. The van der Waals surface area contributed by atoms with Crippen molar-refractivity contribution >= 4 is 15.8 Å². The SMILES string of the molecule is CCCCC(=O)C(CCCC)NS(=O)(=O)c1ccc(C)cc1. The van der Waals surface area contributed by atoms with Crippen molar-refractivity contribution < 1.29 is 13.2 Å². The second-order valence-electron chi connectivity index (χ2n) is 5.70. The Morgan fingerprint density at radius 2 is 1.68 bits per heavy atom. The van der Waals surface area contributed by atoms with Crippen LogP contribution in [0.5, 0.6) is 0 Å². The fraction of sp³-hybridized carbons (Fsp3) is 0.588. The molecular weight excluding hydrogens is 298 g/mol. The number of nitrogens with one attached hydrogen (secondary N) is 1.